The molecule has 0 aromatic carbocycles. The second-order valence-corrected chi connectivity index (χ2v) is 6.15. The van der Waals surface area contributed by atoms with Crippen LogP contribution in [0.1, 0.15) is 71.1 Å². The van der Waals surface area contributed by atoms with Gasteiger partial charge in [-0.05, 0) is 31.3 Å². The minimum absolute atomic E-state index is 0.0833. The molecule has 0 aromatic rings. The molecule has 4 heteroatoms. The maximum atomic E-state index is 12.0. The van der Waals surface area contributed by atoms with Crippen molar-refractivity contribution in [2.45, 2.75) is 71.1 Å². The molecule has 1 N–H and O–H groups in total. The summed E-state index contributed by atoms with van der Waals surface area (Å²) in [6, 6.07) is 0. The predicted octanol–water partition coefficient (Wildman–Crippen LogP) is 3.93. The number of carboxylic acid groups (broad SMARTS) is 1. The first-order valence-electron chi connectivity index (χ1n) is 8.50. The number of carbonyl (C=O) groups excluding carboxylic acids is 2. The van der Waals surface area contributed by atoms with E-state index in [0.717, 1.165) is 44.9 Å². The Morgan fingerprint density at radius 3 is 2.55 bits per heavy atom. The van der Waals surface area contributed by atoms with Crippen molar-refractivity contribution in [1.82, 2.24) is 0 Å². The molecule has 0 saturated heterocycles. The van der Waals surface area contributed by atoms with Gasteiger partial charge in [-0.3, -0.25) is 14.4 Å². The molecule has 2 unspecified atom stereocenters. The third kappa shape index (κ3) is 7.01. The standard InChI is InChI=1S/C18H28O4/c1-2-15(19)12-10-14-11-13-17(20)16(14)8-6-4-3-5-7-9-18(21)22/h10,12,14,16H,2-9,11,13H2,1H3,(H,21,22). The van der Waals surface area contributed by atoms with E-state index < -0.39 is 5.97 Å². The van der Waals surface area contributed by atoms with Gasteiger partial charge in [-0.1, -0.05) is 38.7 Å². The molecule has 1 saturated carbocycles. The summed E-state index contributed by atoms with van der Waals surface area (Å²) in [5.41, 5.74) is 0. The maximum Gasteiger partial charge on any atom is 0.303 e. The fourth-order valence-corrected chi connectivity index (χ4v) is 3.06. The zero-order valence-electron chi connectivity index (χ0n) is 13.6. The van der Waals surface area contributed by atoms with Crippen LogP contribution in [0.3, 0.4) is 0 Å². The molecule has 0 aliphatic heterocycles. The molecular weight excluding hydrogens is 280 g/mol. The molecule has 0 spiro atoms. The topological polar surface area (TPSA) is 71.4 Å². The van der Waals surface area contributed by atoms with Crippen molar-refractivity contribution < 1.29 is 19.5 Å². The van der Waals surface area contributed by atoms with E-state index in [9.17, 15) is 14.4 Å². The highest BCUT2D eigenvalue weighted by atomic mass is 16.4. The van der Waals surface area contributed by atoms with Crippen LogP contribution in [0.5, 0.6) is 0 Å². The Bertz CT molecular complexity index is 411. The van der Waals surface area contributed by atoms with Gasteiger partial charge in [0.25, 0.3) is 0 Å². The molecule has 0 aromatic heterocycles. The molecule has 4 nitrogen and oxygen atoms in total. The lowest BCUT2D eigenvalue weighted by atomic mass is 9.89. The van der Waals surface area contributed by atoms with Crippen LogP contribution < -0.4 is 0 Å². The summed E-state index contributed by atoms with van der Waals surface area (Å²) in [4.78, 5) is 33.7. The van der Waals surface area contributed by atoms with Gasteiger partial charge >= 0.3 is 5.97 Å². The summed E-state index contributed by atoms with van der Waals surface area (Å²) in [5, 5.41) is 8.56. The van der Waals surface area contributed by atoms with Gasteiger partial charge in [0.05, 0.1) is 0 Å². The summed E-state index contributed by atoms with van der Waals surface area (Å²) in [6.45, 7) is 1.84. The number of hydrogen-bond donors (Lipinski definition) is 1. The van der Waals surface area contributed by atoms with Crippen LogP contribution in [0, 0.1) is 11.8 Å². The van der Waals surface area contributed by atoms with Gasteiger partial charge in [-0.25, -0.2) is 0 Å². The van der Waals surface area contributed by atoms with Crippen molar-refractivity contribution in [3.8, 4) is 0 Å². The number of unbranched alkanes of at least 4 members (excludes halogenated alkanes) is 4. The summed E-state index contributed by atoms with van der Waals surface area (Å²) in [6.07, 6.45) is 11.5. The van der Waals surface area contributed by atoms with Crippen LogP contribution >= 0.6 is 0 Å². The number of hydrogen-bond acceptors (Lipinski definition) is 3. The molecule has 1 fully saturated rings. The van der Waals surface area contributed by atoms with Crippen LogP contribution in [0.2, 0.25) is 0 Å². The van der Waals surface area contributed by atoms with Crippen LogP contribution in [-0.4, -0.2) is 22.6 Å². The Hall–Kier alpha value is -1.45. The largest absolute Gasteiger partial charge is 0.481 e. The number of carboxylic acids is 1. The van der Waals surface area contributed by atoms with Crippen molar-refractivity contribution in [2.75, 3.05) is 0 Å². The van der Waals surface area contributed by atoms with E-state index in [1.54, 1.807) is 6.08 Å². The normalized spacial score (nSPS) is 21.6. The van der Waals surface area contributed by atoms with Gasteiger partial charge in [0.2, 0.25) is 0 Å². The van der Waals surface area contributed by atoms with Crippen LogP contribution in [0.25, 0.3) is 0 Å². The van der Waals surface area contributed by atoms with Crippen LogP contribution in [0.15, 0.2) is 12.2 Å². The lowest BCUT2D eigenvalue weighted by Crippen LogP contribution is -2.13. The lowest BCUT2D eigenvalue weighted by Gasteiger charge is -2.14. The highest BCUT2D eigenvalue weighted by Crippen LogP contribution is 2.33. The Kier molecular flexibility index (Phi) is 8.71. The third-order valence-corrected chi connectivity index (χ3v) is 4.44. The molecule has 22 heavy (non-hydrogen) atoms. The molecule has 0 radical (unpaired) electrons. The van der Waals surface area contributed by atoms with E-state index in [1.807, 2.05) is 13.0 Å². The summed E-state index contributed by atoms with van der Waals surface area (Å²) >= 11 is 0. The zero-order chi connectivity index (χ0) is 16.4. The monoisotopic (exact) mass is 308 g/mol. The average molecular weight is 308 g/mol. The molecule has 2 atom stereocenters. The van der Waals surface area contributed by atoms with Gasteiger partial charge in [0, 0.05) is 25.2 Å². The summed E-state index contributed by atoms with van der Waals surface area (Å²) in [7, 11) is 0. The third-order valence-electron chi connectivity index (χ3n) is 4.44. The molecule has 0 heterocycles. The van der Waals surface area contributed by atoms with Gasteiger partial charge in [0.1, 0.15) is 5.78 Å². The smallest absolute Gasteiger partial charge is 0.303 e. The van der Waals surface area contributed by atoms with Crippen molar-refractivity contribution in [3.05, 3.63) is 12.2 Å². The van der Waals surface area contributed by atoms with Crippen molar-refractivity contribution in [3.63, 3.8) is 0 Å². The fraction of sp³-hybridized carbons (Fsp3) is 0.722. The minimum Gasteiger partial charge on any atom is -0.481 e. The minimum atomic E-state index is -0.729. The van der Waals surface area contributed by atoms with E-state index in [2.05, 4.69) is 0 Å². The molecule has 0 amide bonds. The maximum absolute atomic E-state index is 12.0. The summed E-state index contributed by atoms with van der Waals surface area (Å²) in [5.74, 6) is 0.0451. The Morgan fingerprint density at radius 1 is 1.18 bits per heavy atom. The first-order chi connectivity index (χ1) is 10.5. The Morgan fingerprint density at radius 2 is 1.86 bits per heavy atom. The van der Waals surface area contributed by atoms with E-state index in [1.165, 1.54) is 0 Å². The van der Waals surface area contributed by atoms with E-state index in [4.69, 9.17) is 5.11 Å². The van der Waals surface area contributed by atoms with Crippen molar-refractivity contribution in [1.29, 1.82) is 0 Å². The van der Waals surface area contributed by atoms with Gasteiger partial charge in [0.15, 0.2) is 5.78 Å². The van der Waals surface area contributed by atoms with Crippen LogP contribution in [0.4, 0.5) is 0 Å². The fourth-order valence-electron chi connectivity index (χ4n) is 3.06. The van der Waals surface area contributed by atoms with Crippen molar-refractivity contribution in [2.24, 2.45) is 11.8 Å². The SMILES string of the molecule is CCC(=O)C=CC1CCC(=O)C1CCCCCCCC(=O)O. The zero-order valence-corrected chi connectivity index (χ0v) is 13.6. The van der Waals surface area contributed by atoms with Gasteiger partial charge in [-0.15, -0.1) is 0 Å². The van der Waals surface area contributed by atoms with E-state index in [0.29, 0.717) is 18.6 Å². The number of carbonyl (C=O) groups is 3. The molecule has 1 aliphatic carbocycles. The van der Waals surface area contributed by atoms with Gasteiger partial charge < -0.3 is 5.11 Å². The second kappa shape index (κ2) is 10.3. The number of ketones is 2. The molecule has 124 valence electrons. The van der Waals surface area contributed by atoms with Crippen LogP contribution in [-0.2, 0) is 14.4 Å². The van der Waals surface area contributed by atoms with E-state index in [-0.39, 0.29) is 24.0 Å². The van der Waals surface area contributed by atoms with Crippen molar-refractivity contribution >= 4 is 17.5 Å². The van der Waals surface area contributed by atoms with Gasteiger partial charge in [-0.2, -0.15) is 0 Å². The second-order valence-electron chi connectivity index (χ2n) is 6.15. The quantitative estimate of drug-likeness (QED) is 0.463. The number of aliphatic carboxylic acids is 1. The Balaban J connectivity index is 2.24. The molecule has 1 aliphatic rings. The molecule has 1 rings (SSSR count). The molecular formula is C18H28O4. The number of Topliss-reactive ketones (excluding diaryl/α,β-unsaturated/α-hetero) is 1. The predicted molar refractivity (Wildman–Crippen MR) is 85.6 cm³/mol. The first kappa shape index (κ1) is 18.6. The first-order valence-corrected chi connectivity index (χ1v) is 8.50. The summed E-state index contributed by atoms with van der Waals surface area (Å²) < 4.78 is 0. The highest BCUT2D eigenvalue weighted by molar-refractivity contribution is 5.89. The average Bonchev–Trinajstić information content (AvgIpc) is 2.84. The Labute approximate surface area is 133 Å². The van der Waals surface area contributed by atoms with E-state index >= 15 is 0 Å². The molecule has 0 bridgehead atoms. The highest BCUT2D eigenvalue weighted by Gasteiger charge is 2.32. The number of rotatable bonds is 11. The lowest BCUT2D eigenvalue weighted by molar-refractivity contribution is -0.137. The number of allylic oxidation sites excluding steroid dienone is 2.